The number of aryl methyl sites for hydroxylation is 1. The molecule has 1 heterocycles. The molecule has 2 rings (SSSR count). The van der Waals surface area contributed by atoms with Crippen molar-refractivity contribution in [1.29, 1.82) is 0 Å². The van der Waals surface area contributed by atoms with Crippen molar-refractivity contribution in [1.82, 2.24) is 9.97 Å². The van der Waals surface area contributed by atoms with Crippen molar-refractivity contribution in [2.24, 2.45) is 0 Å². The lowest BCUT2D eigenvalue weighted by Gasteiger charge is -2.02. The number of nitrogens with zero attached hydrogens (tertiary/aromatic N) is 2. The number of hydrogen-bond acceptors (Lipinski definition) is 4. The third-order valence-electron chi connectivity index (χ3n) is 2.03. The molecule has 2 aromatic rings. The summed E-state index contributed by atoms with van der Waals surface area (Å²) in [5.74, 6) is 0. The molecule has 0 spiro atoms. The fourth-order valence-corrected chi connectivity index (χ4v) is 2.30. The van der Waals surface area contributed by atoms with Gasteiger partial charge in [-0.25, -0.2) is 18.4 Å². The maximum absolute atomic E-state index is 11.1. The molecule has 0 radical (unpaired) electrons. The molecular formula is C9H6BrClN2O2S. The zero-order chi connectivity index (χ0) is 11.9. The highest BCUT2D eigenvalue weighted by Gasteiger charge is 2.11. The number of benzene rings is 1. The second kappa shape index (κ2) is 3.94. The van der Waals surface area contributed by atoms with Crippen LogP contribution in [-0.4, -0.2) is 18.4 Å². The molecule has 0 saturated carbocycles. The Bertz CT molecular complexity index is 673. The van der Waals surface area contributed by atoms with Crippen LogP contribution in [0.2, 0.25) is 0 Å². The van der Waals surface area contributed by atoms with Gasteiger partial charge in [0.2, 0.25) is 0 Å². The topological polar surface area (TPSA) is 59.9 Å². The van der Waals surface area contributed by atoms with Gasteiger partial charge >= 0.3 is 0 Å². The SMILES string of the molecule is Cc1nc2cc(S(=O)(=O)Cl)ccc2nc1Br. The number of fused-ring (bicyclic) bond motifs is 1. The molecule has 0 amide bonds. The van der Waals surface area contributed by atoms with Crippen molar-refractivity contribution < 1.29 is 8.42 Å². The molecule has 0 aliphatic carbocycles. The second-order valence-corrected chi connectivity index (χ2v) is 6.51. The van der Waals surface area contributed by atoms with E-state index in [1.54, 1.807) is 13.0 Å². The van der Waals surface area contributed by atoms with E-state index in [0.29, 0.717) is 21.3 Å². The minimum atomic E-state index is -3.72. The molecule has 7 heteroatoms. The maximum Gasteiger partial charge on any atom is 0.261 e. The predicted octanol–water partition coefficient (Wildman–Crippen LogP) is 2.63. The maximum atomic E-state index is 11.1. The zero-order valence-corrected chi connectivity index (χ0v) is 11.3. The molecule has 0 fully saturated rings. The Morgan fingerprint density at radius 2 is 1.94 bits per heavy atom. The Hall–Kier alpha value is -0.720. The minimum absolute atomic E-state index is 0.0256. The van der Waals surface area contributed by atoms with Crippen molar-refractivity contribution in [3.8, 4) is 0 Å². The number of hydrogen-bond donors (Lipinski definition) is 0. The van der Waals surface area contributed by atoms with Gasteiger partial charge in [-0.1, -0.05) is 0 Å². The minimum Gasteiger partial charge on any atom is -0.249 e. The standard InChI is InChI=1S/C9H6BrClN2O2S/c1-5-9(10)13-7-3-2-6(16(11,14)15)4-8(7)12-5/h2-4H,1H3. The molecule has 4 nitrogen and oxygen atoms in total. The van der Waals surface area contributed by atoms with Crippen LogP contribution in [0.5, 0.6) is 0 Å². The molecule has 16 heavy (non-hydrogen) atoms. The molecule has 1 aromatic carbocycles. The van der Waals surface area contributed by atoms with Crippen LogP contribution in [-0.2, 0) is 9.05 Å². The van der Waals surface area contributed by atoms with Crippen molar-refractivity contribution in [3.05, 3.63) is 28.5 Å². The largest absolute Gasteiger partial charge is 0.261 e. The summed E-state index contributed by atoms with van der Waals surface area (Å²) < 4.78 is 22.9. The predicted molar refractivity (Wildman–Crippen MR) is 65.0 cm³/mol. The lowest BCUT2D eigenvalue weighted by atomic mass is 10.3. The lowest BCUT2D eigenvalue weighted by molar-refractivity contribution is 0.609. The van der Waals surface area contributed by atoms with E-state index in [1.165, 1.54) is 12.1 Å². The van der Waals surface area contributed by atoms with E-state index in [-0.39, 0.29) is 4.90 Å². The van der Waals surface area contributed by atoms with Crippen molar-refractivity contribution >= 4 is 46.7 Å². The third kappa shape index (κ3) is 2.18. The second-order valence-electron chi connectivity index (χ2n) is 3.19. The van der Waals surface area contributed by atoms with Gasteiger partial charge in [-0.05, 0) is 41.1 Å². The van der Waals surface area contributed by atoms with Gasteiger partial charge in [-0.3, -0.25) is 0 Å². The van der Waals surface area contributed by atoms with E-state index in [4.69, 9.17) is 10.7 Å². The molecule has 0 unspecified atom stereocenters. The summed E-state index contributed by atoms with van der Waals surface area (Å²) in [6, 6.07) is 4.38. The first-order valence-corrected chi connectivity index (χ1v) is 7.37. The lowest BCUT2D eigenvalue weighted by Crippen LogP contribution is -1.94. The van der Waals surface area contributed by atoms with Gasteiger partial charge in [0.25, 0.3) is 9.05 Å². The van der Waals surface area contributed by atoms with Crippen LogP contribution < -0.4 is 0 Å². The Labute approximate surface area is 105 Å². The van der Waals surface area contributed by atoms with Gasteiger partial charge in [0, 0.05) is 10.7 Å². The van der Waals surface area contributed by atoms with Gasteiger partial charge in [-0.2, -0.15) is 0 Å². The Morgan fingerprint density at radius 3 is 2.56 bits per heavy atom. The highest BCUT2D eigenvalue weighted by atomic mass is 79.9. The zero-order valence-electron chi connectivity index (χ0n) is 8.11. The highest BCUT2D eigenvalue weighted by molar-refractivity contribution is 9.10. The fourth-order valence-electron chi connectivity index (χ4n) is 1.25. The van der Waals surface area contributed by atoms with Gasteiger partial charge < -0.3 is 0 Å². The van der Waals surface area contributed by atoms with Gasteiger partial charge in [0.1, 0.15) is 4.60 Å². The number of aromatic nitrogens is 2. The van der Waals surface area contributed by atoms with Crippen LogP contribution >= 0.6 is 26.6 Å². The van der Waals surface area contributed by atoms with Crippen molar-refractivity contribution in [3.63, 3.8) is 0 Å². The molecule has 0 bridgehead atoms. The van der Waals surface area contributed by atoms with Crippen LogP contribution in [0.15, 0.2) is 27.7 Å². The first-order valence-electron chi connectivity index (χ1n) is 4.26. The van der Waals surface area contributed by atoms with Gasteiger partial charge in [-0.15, -0.1) is 0 Å². The van der Waals surface area contributed by atoms with E-state index in [1.807, 2.05) is 0 Å². The third-order valence-corrected chi connectivity index (χ3v) is 4.14. The normalized spacial score (nSPS) is 11.9. The van der Waals surface area contributed by atoms with E-state index in [2.05, 4.69) is 25.9 Å². The smallest absolute Gasteiger partial charge is 0.249 e. The van der Waals surface area contributed by atoms with E-state index < -0.39 is 9.05 Å². The molecular weight excluding hydrogens is 316 g/mol. The van der Waals surface area contributed by atoms with Crippen molar-refractivity contribution in [2.45, 2.75) is 11.8 Å². The summed E-state index contributed by atoms with van der Waals surface area (Å²) in [4.78, 5) is 8.46. The first-order chi connectivity index (χ1) is 7.38. The average Bonchev–Trinajstić information content (AvgIpc) is 2.17. The Balaban J connectivity index is 2.77. The van der Waals surface area contributed by atoms with Crippen LogP contribution in [0.3, 0.4) is 0 Å². The summed E-state index contributed by atoms with van der Waals surface area (Å²) in [6.45, 7) is 1.78. The number of halogens is 2. The van der Waals surface area contributed by atoms with Gasteiger partial charge in [0.05, 0.1) is 21.6 Å². The number of rotatable bonds is 1. The van der Waals surface area contributed by atoms with E-state index in [9.17, 15) is 8.42 Å². The molecule has 0 N–H and O–H groups in total. The first kappa shape index (κ1) is 11.8. The van der Waals surface area contributed by atoms with E-state index in [0.717, 1.165) is 0 Å². The fraction of sp³-hybridized carbons (Fsp3) is 0.111. The Morgan fingerprint density at radius 1 is 1.25 bits per heavy atom. The summed E-state index contributed by atoms with van der Waals surface area (Å²) in [5, 5.41) is 0. The summed E-state index contributed by atoms with van der Waals surface area (Å²) in [6.07, 6.45) is 0. The molecule has 0 atom stereocenters. The van der Waals surface area contributed by atoms with Crippen LogP contribution in [0.25, 0.3) is 11.0 Å². The van der Waals surface area contributed by atoms with E-state index >= 15 is 0 Å². The summed E-state index contributed by atoms with van der Waals surface area (Å²) in [7, 11) is 1.52. The molecule has 0 aliphatic heterocycles. The highest BCUT2D eigenvalue weighted by Crippen LogP contribution is 2.22. The molecule has 1 aromatic heterocycles. The average molecular weight is 322 g/mol. The van der Waals surface area contributed by atoms with Crippen molar-refractivity contribution in [2.75, 3.05) is 0 Å². The molecule has 0 aliphatic rings. The molecule has 0 saturated heterocycles. The van der Waals surface area contributed by atoms with Crippen LogP contribution in [0.1, 0.15) is 5.69 Å². The monoisotopic (exact) mass is 320 g/mol. The van der Waals surface area contributed by atoms with Gasteiger partial charge in [0.15, 0.2) is 0 Å². The Kier molecular flexibility index (Phi) is 2.90. The summed E-state index contributed by atoms with van der Waals surface area (Å²) in [5.41, 5.74) is 1.81. The van der Waals surface area contributed by atoms with Crippen LogP contribution in [0.4, 0.5) is 0 Å². The molecule has 84 valence electrons. The quantitative estimate of drug-likeness (QED) is 0.758. The van der Waals surface area contributed by atoms with Crippen LogP contribution in [0, 0.1) is 6.92 Å². The summed E-state index contributed by atoms with van der Waals surface area (Å²) >= 11 is 3.26.